The van der Waals surface area contributed by atoms with Crippen molar-refractivity contribution in [3.8, 4) is 0 Å². The molecule has 1 aromatic carbocycles. The molecule has 1 N–H and O–H groups in total. The third-order valence-corrected chi connectivity index (χ3v) is 9.04. The van der Waals surface area contributed by atoms with Gasteiger partial charge in [-0.25, -0.2) is 19.2 Å². The highest BCUT2D eigenvalue weighted by Crippen LogP contribution is 2.26. The first kappa shape index (κ1) is 36.1. The van der Waals surface area contributed by atoms with E-state index in [1.807, 2.05) is 36.6 Å². The highest BCUT2D eigenvalue weighted by molar-refractivity contribution is 5.94. The minimum absolute atomic E-state index is 0.0224. The highest BCUT2D eigenvalue weighted by atomic mass is 19.1. The van der Waals surface area contributed by atoms with Gasteiger partial charge in [-0.05, 0) is 95.5 Å². The van der Waals surface area contributed by atoms with Crippen LogP contribution in [0.2, 0.25) is 0 Å². The predicted octanol–water partition coefficient (Wildman–Crippen LogP) is 6.67. The lowest BCUT2D eigenvalue weighted by Crippen LogP contribution is -2.44. The Morgan fingerprint density at radius 3 is 2.32 bits per heavy atom. The van der Waals surface area contributed by atoms with Gasteiger partial charge in [0.05, 0.1) is 12.2 Å². The van der Waals surface area contributed by atoms with Crippen LogP contribution in [0.25, 0.3) is 0 Å². The van der Waals surface area contributed by atoms with E-state index in [0.717, 1.165) is 69.9 Å². The average Bonchev–Trinajstić information content (AvgIpc) is 3.58. The van der Waals surface area contributed by atoms with Gasteiger partial charge in [-0.1, -0.05) is 25.7 Å². The van der Waals surface area contributed by atoms with Gasteiger partial charge in [-0.15, -0.1) is 0 Å². The molecule has 0 atom stereocenters. The second-order valence-electron chi connectivity index (χ2n) is 13.9. The van der Waals surface area contributed by atoms with Crippen LogP contribution in [0.1, 0.15) is 107 Å². The minimum atomic E-state index is -0.530. The summed E-state index contributed by atoms with van der Waals surface area (Å²) in [6.07, 6.45) is 11.2. The van der Waals surface area contributed by atoms with Crippen molar-refractivity contribution in [2.75, 3.05) is 38.5 Å². The van der Waals surface area contributed by atoms with Gasteiger partial charge < -0.3 is 24.8 Å². The molecule has 1 aromatic heterocycles. The van der Waals surface area contributed by atoms with Crippen molar-refractivity contribution in [2.45, 2.75) is 110 Å². The molecular weight excluding hydrogens is 599 g/mol. The monoisotopic (exact) mass is 652 g/mol. The van der Waals surface area contributed by atoms with Crippen LogP contribution in [-0.2, 0) is 16.1 Å². The van der Waals surface area contributed by atoms with Crippen LogP contribution in [0, 0.1) is 11.7 Å². The third kappa shape index (κ3) is 11.5. The summed E-state index contributed by atoms with van der Waals surface area (Å²) >= 11 is 0. The summed E-state index contributed by atoms with van der Waals surface area (Å²) in [5.41, 5.74) is 0.782. The Morgan fingerprint density at radius 1 is 0.979 bits per heavy atom. The number of nitrogens with zero attached hydrogens (tertiary/aromatic N) is 5. The van der Waals surface area contributed by atoms with E-state index in [1.54, 1.807) is 30.3 Å². The smallest absolute Gasteiger partial charge is 0.410 e. The molecule has 2 aliphatic rings. The number of hydrogen-bond acceptors (Lipinski definition) is 7. The summed E-state index contributed by atoms with van der Waals surface area (Å²) < 4.78 is 19.0. The number of rotatable bonds is 14. The van der Waals surface area contributed by atoms with Crippen molar-refractivity contribution in [1.29, 1.82) is 0 Å². The largest absolute Gasteiger partial charge is 0.444 e. The lowest BCUT2D eigenvalue weighted by Gasteiger charge is -2.35. The van der Waals surface area contributed by atoms with Crippen molar-refractivity contribution < 1.29 is 23.5 Å². The molecule has 10 nitrogen and oxygen atoms in total. The Labute approximate surface area is 279 Å². The quantitative estimate of drug-likeness (QED) is 0.227. The van der Waals surface area contributed by atoms with Gasteiger partial charge in [-0.2, -0.15) is 0 Å². The molecule has 0 bridgehead atoms. The fourth-order valence-electron chi connectivity index (χ4n) is 6.49. The first-order valence-electron chi connectivity index (χ1n) is 17.3. The van der Waals surface area contributed by atoms with Gasteiger partial charge in [0.2, 0.25) is 11.9 Å². The number of carbonyl (C=O) groups excluding carboxylic acids is 3. The van der Waals surface area contributed by atoms with Crippen LogP contribution >= 0.6 is 0 Å². The molecule has 2 aromatic rings. The van der Waals surface area contributed by atoms with E-state index in [4.69, 9.17) is 4.74 Å². The zero-order chi connectivity index (χ0) is 33.8. The molecule has 1 saturated heterocycles. The zero-order valence-electron chi connectivity index (χ0n) is 28.7. The maximum Gasteiger partial charge on any atom is 0.410 e. The lowest BCUT2D eigenvalue weighted by atomic mass is 9.96. The third-order valence-electron chi connectivity index (χ3n) is 9.04. The molecule has 1 aliphatic heterocycles. The summed E-state index contributed by atoms with van der Waals surface area (Å²) in [6.45, 7) is 8.53. The molecule has 4 rings (SSSR count). The summed E-state index contributed by atoms with van der Waals surface area (Å²) in [4.78, 5) is 53.9. The average molecular weight is 653 g/mol. The van der Waals surface area contributed by atoms with Crippen LogP contribution in [0.3, 0.4) is 0 Å². The van der Waals surface area contributed by atoms with Crippen LogP contribution in [0.4, 0.5) is 15.1 Å². The Kier molecular flexibility index (Phi) is 13.4. The van der Waals surface area contributed by atoms with Gasteiger partial charge in [0, 0.05) is 57.4 Å². The van der Waals surface area contributed by atoms with E-state index in [1.165, 1.54) is 12.1 Å². The number of likely N-dealkylation sites (tertiary alicyclic amines) is 1. The Balaban J connectivity index is 1.27. The molecule has 0 radical (unpaired) electrons. The van der Waals surface area contributed by atoms with Crippen LogP contribution in [0.5, 0.6) is 0 Å². The minimum Gasteiger partial charge on any atom is -0.444 e. The number of nitrogens with one attached hydrogen (secondary N) is 1. The Morgan fingerprint density at radius 2 is 1.66 bits per heavy atom. The molecule has 1 saturated carbocycles. The number of aromatic nitrogens is 2. The SMILES string of the molecule is CNc1nccc(CN(CC2CCN(C(=O)OC(C)(C)C)CC2)C(=O)CCCCCCN(C(=O)c2ccc(F)cc2)C2CCCC2)n1. The van der Waals surface area contributed by atoms with Crippen LogP contribution < -0.4 is 5.32 Å². The maximum atomic E-state index is 13.6. The number of anilines is 1. The van der Waals surface area contributed by atoms with Crippen LogP contribution in [0.15, 0.2) is 36.5 Å². The van der Waals surface area contributed by atoms with Gasteiger partial charge in [0.15, 0.2) is 0 Å². The van der Waals surface area contributed by atoms with Gasteiger partial charge in [0.1, 0.15) is 11.4 Å². The van der Waals surface area contributed by atoms with Gasteiger partial charge in [-0.3, -0.25) is 9.59 Å². The van der Waals surface area contributed by atoms with E-state index in [9.17, 15) is 18.8 Å². The Bertz CT molecular complexity index is 1300. The van der Waals surface area contributed by atoms with E-state index in [2.05, 4.69) is 15.3 Å². The van der Waals surface area contributed by atoms with Crippen molar-refractivity contribution in [1.82, 2.24) is 24.7 Å². The maximum absolute atomic E-state index is 13.6. The zero-order valence-corrected chi connectivity index (χ0v) is 28.7. The Hall–Kier alpha value is -3.76. The lowest BCUT2D eigenvalue weighted by molar-refractivity contribution is -0.133. The molecular formula is C36H53FN6O4. The van der Waals surface area contributed by atoms with E-state index in [-0.39, 0.29) is 35.7 Å². The fourth-order valence-corrected chi connectivity index (χ4v) is 6.49. The van der Waals surface area contributed by atoms with Gasteiger partial charge >= 0.3 is 6.09 Å². The molecule has 2 heterocycles. The summed E-state index contributed by atoms with van der Waals surface area (Å²) in [5, 5.41) is 2.97. The number of hydrogen-bond donors (Lipinski definition) is 1. The molecule has 3 amide bonds. The van der Waals surface area contributed by atoms with E-state index < -0.39 is 5.60 Å². The second-order valence-corrected chi connectivity index (χ2v) is 13.9. The van der Waals surface area contributed by atoms with E-state index >= 15 is 0 Å². The fraction of sp³-hybridized carbons (Fsp3) is 0.639. The number of amides is 3. The summed E-state index contributed by atoms with van der Waals surface area (Å²) in [6, 6.07) is 7.92. The van der Waals surface area contributed by atoms with Crippen molar-refractivity contribution in [3.05, 3.63) is 53.6 Å². The standard InChI is InChI=1S/C36H53FN6O4/c1-36(2,3)47-35(46)41-23-19-27(20-24-41)25-42(26-30-18-21-39-34(38-4)40-30)32(44)13-7-5-6-10-22-43(31-11-8-9-12-31)33(45)28-14-16-29(37)17-15-28/h14-18,21,27,31H,5-13,19-20,22-26H2,1-4H3,(H,38,39,40). The van der Waals surface area contributed by atoms with Crippen molar-refractivity contribution in [2.24, 2.45) is 5.92 Å². The summed E-state index contributed by atoms with van der Waals surface area (Å²) in [5.74, 6) is 0.535. The number of benzene rings is 1. The molecule has 47 heavy (non-hydrogen) atoms. The topological polar surface area (TPSA) is 108 Å². The molecule has 2 fully saturated rings. The first-order chi connectivity index (χ1) is 22.5. The number of ether oxygens (including phenoxy) is 1. The molecule has 0 spiro atoms. The second kappa shape index (κ2) is 17.4. The molecule has 258 valence electrons. The van der Waals surface area contributed by atoms with E-state index in [0.29, 0.717) is 50.7 Å². The molecule has 11 heteroatoms. The highest BCUT2D eigenvalue weighted by Gasteiger charge is 2.29. The normalized spacial score (nSPS) is 15.8. The van der Waals surface area contributed by atoms with Crippen molar-refractivity contribution >= 4 is 23.9 Å². The molecule has 0 unspecified atom stereocenters. The number of unbranched alkanes of at least 4 members (excludes halogenated alkanes) is 3. The number of carbonyl (C=O) groups is 3. The van der Waals surface area contributed by atoms with Crippen LogP contribution in [-0.4, -0.2) is 87.4 Å². The predicted molar refractivity (Wildman–Crippen MR) is 180 cm³/mol. The first-order valence-corrected chi connectivity index (χ1v) is 17.3. The van der Waals surface area contributed by atoms with Gasteiger partial charge in [0.25, 0.3) is 5.91 Å². The number of piperidine rings is 1. The number of halogens is 1. The molecule has 1 aliphatic carbocycles. The summed E-state index contributed by atoms with van der Waals surface area (Å²) in [7, 11) is 1.77. The van der Waals surface area contributed by atoms with Crippen molar-refractivity contribution in [3.63, 3.8) is 0 Å².